The number of carbonyl (C=O) groups excluding carboxylic acids is 2. The molecule has 0 fully saturated rings. The average Bonchev–Trinajstić information content (AvgIpc) is 3.43. The molecule has 10 heteroatoms. The van der Waals surface area contributed by atoms with E-state index in [0.29, 0.717) is 48.9 Å². The number of hydrogen-bond donors (Lipinski definition) is 3. The van der Waals surface area contributed by atoms with Crippen LogP contribution < -0.4 is 5.32 Å². The number of carboxylic acids is 2. The summed E-state index contributed by atoms with van der Waals surface area (Å²) < 4.78 is 0. The van der Waals surface area contributed by atoms with Gasteiger partial charge in [-0.1, -0.05) is 59.6 Å². The van der Waals surface area contributed by atoms with E-state index in [1.807, 2.05) is 0 Å². The van der Waals surface area contributed by atoms with Crippen molar-refractivity contribution in [1.29, 1.82) is 0 Å². The first kappa shape index (κ1) is 26.3. The fourth-order valence-electron chi connectivity index (χ4n) is 5.17. The number of carbonyl (C=O) groups is 4. The van der Waals surface area contributed by atoms with Crippen LogP contribution in [0.2, 0.25) is 10.0 Å². The Morgan fingerprint density at radius 1 is 0.756 bits per heavy atom. The summed E-state index contributed by atoms with van der Waals surface area (Å²) in [7, 11) is 0. The van der Waals surface area contributed by atoms with E-state index in [0.717, 1.165) is 6.07 Å². The molecule has 0 aliphatic carbocycles. The van der Waals surface area contributed by atoms with Gasteiger partial charge in [0.05, 0.1) is 40.2 Å². The first-order valence-electron chi connectivity index (χ1n) is 12.3. The van der Waals surface area contributed by atoms with Crippen LogP contribution in [0.25, 0.3) is 22.2 Å². The predicted octanol–water partition coefficient (Wildman–Crippen LogP) is 5.84. The topological polar surface area (TPSA) is 124 Å². The Balaban J connectivity index is 1.50. The van der Waals surface area contributed by atoms with Gasteiger partial charge in [0.25, 0.3) is 11.8 Å². The lowest BCUT2D eigenvalue weighted by atomic mass is 9.98. The van der Waals surface area contributed by atoms with Crippen LogP contribution in [0.15, 0.2) is 90.0 Å². The van der Waals surface area contributed by atoms with Crippen LogP contribution in [0, 0.1) is 0 Å². The quantitative estimate of drug-likeness (QED) is 0.261. The van der Waals surface area contributed by atoms with Gasteiger partial charge in [0.15, 0.2) is 0 Å². The van der Waals surface area contributed by atoms with Crippen molar-refractivity contribution >= 4 is 69.1 Å². The summed E-state index contributed by atoms with van der Waals surface area (Å²) in [6.07, 6.45) is 0. The molecule has 3 N–H and O–H groups in total. The van der Waals surface area contributed by atoms with Crippen LogP contribution in [0.3, 0.4) is 0 Å². The number of nitrogens with zero attached hydrogens (tertiary/aromatic N) is 1. The maximum absolute atomic E-state index is 14.0. The Morgan fingerprint density at radius 3 is 2.00 bits per heavy atom. The number of nitrogens with one attached hydrogen (secondary N) is 1. The highest BCUT2D eigenvalue weighted by molar-refractivity contribution is 6.32. The number of amides is 2. The van der Waals surface area contributed by atoms with Gasteiger partial charge in [0.2, 0.25) is 0 Å². The Bertz CT molecular complexity index is 1890. The molecule has 8 nitrogen and oxygen atoms in total. The molecular formula is C31H18Cl2N2O6. The Morgan fingerprint density at radius 2 is 1.39 bits per heavy atom. The van der Waals surface area contributed by atoms with E-state index < -0.39 is 23.8 Å². The lowest BCUT2D eigenvalue weighted by molar-refractivity contribution is -0.123. The summed E-state index contributed by atoms with van der Waals surface area (Å²) in [5.74, 6) is -3.36. The highest BCUT2D eigenvalue weighted by Gasteiger charge is 2.45. The molecular weight excluding hydrogens is 567 g/mol. The molecule has 0 radical (unpaired) electrons. The Hall–Kier alpha value is -4.92. The predicted molar refractivity (Wildman–Crippen MR) is 153 cm³/mol. The van der Waals surface area contributed by atoms with E-state index in [1.54, 1.807) is 66.7 Å². The highest BCUT2D eigenvalue weighted by atomic mass is 35.5. The molecule has 41 heavy (non-hydrogen) atoms. The second-order valence-corrected chi connectivity index (χ2v) is 10.4. The van der Waals surface area contributed by atoms with Crippen molar-refractivity contribution in [2.24, 2.45) is 0 Å². The molecule has 2 aliphatic rings. The van der Waals surface area contributed by atoms with Gasteiger partial charge in [-0.3, -0.25) is 9.59 Å². The number of rotatable bonds is 6. The van der Waals surface area contributed by atoms with Gasteiger partial charge in [-0.2, -0.15) is 0 Å². The molecule has 202 valence electrons. The Kier molecular flexibility index (Phi) is 6.37. The molecule has 4 aromatic carbocycles. The fourth-order valence-corrected chi connectivity index (χ4v) is 5.42. The van der Waals surface area contributed by atoms with E-state index in [4.69, 9.17) is 23.2 Å². The monoisotopic (exact) mass is 584 g/mol. The standard InChI is InChI=1S/C31H18Cl2N2O6/c32-20-7-3-16(4-8-20)26-24-25(28(36)34-26)27(17-5-9-21(33)10-6-17)35(29(24)37)14-15-1-2-18-12-19(30(38)39)13-23(31(40)41)22(18)11-15/h1-13H,14H2,(H,34,36)(H,38,39)(H,40,41). The van der Waals surface area contributed by atoms with Crippen molar-refractivity contribution in [3.05, 3.63) is 128 Å². The van der Waals surface area contributed by atoms with Crippen molar-refractivity contribution in [2.45, 2.75) is 6.54 Å². The molecule has 2 heterocycles. The number of benzene rings is 4. The minimum Gasteiger partial charge on any atom is -0.478 e. The third kappa shape index (κ3) is 4.53. The van der Waals surface area contributed by atoms with Gasteiger partial charge in [-0.05, 0) is 69.9 Å². The third-order valence-corrected chi connectivity index (χ3v) is 7.52. The zero-order valence-electron chi connectivity index (χ0n) is 20.9. The van der Waals surface area contributed by atoms with Crippen LogP contribution in [-0.2, 0) is 16.1 Å². The number of hydrogen-bond acceptors (Lipinski definition) is 4. The maximum atomic E-state index is 14.0. The molecule has 0 bridgehead atoms. The summed E-state index contributed by atoms with van der Waals surface area (Å²) in [5, 5.41) is 23.8. The summed E-state index contributed by atoms with van der Waals surface area (Å²) in [6, 6.07) is 21.0. The molecule has 0 spiro atoms. The first-order valence-corrected chi connectivity index (χ1v) is 13.1. The zero-order chi connectivity index (χ0) is 29.0. The summed E-state index contributed by atoms with van der Waals surface area (Å²) in [5.41, 5.74) is 2.68. The van der Waals surface area contributed by atoms with Gasteiger partial charge in [0.1, 0.15) is 0 Å². The third-order valence-electron chi connectivity index (χ3n) is 7.02. The Labute approximate surface area is 242 Å². The molecule has 0 atom stereocenters. The van der Waals surface area contributed by atoms with Crippen molar-refractivity contribution in [3.63, 3.8) is 0 Å². The molecule has 0 saturated heterocycles. The summed E-state index contributed by atoms with van der Waals surface area (Å²) in [6.45, 7) is 0.0145. The highest BCUT2D eigenvalue weighted by Crippen LogP contribution is 2.43. The van der Waals surface area contributed by atoms with E-state index in [-0.39, 0.29) is 28.8 Å². The van der Waals surface area contributed by atoms with E-state index in [1.165, 1.54) is 11.0 Å². The van der Waals surface area contributed by atoms with Gasteiger partial charge < -0.3 is 20.4 Å². The first-order chi connectivity index (χ1) is 19.6. The minimum atomic E-state index is -1.28. The number of aromatic carboxylic acids is 2. The SMILES string of the molecule is O=C1NC(c2ccc(Cl)cc2)=C2C(=O)N(Cc3ccc4cc(C(=O)O)cc(C(=O)O)c4c3)C(c3ccc(Cl)cc3)=C12. The lowest BCUT2D eigenvalue weighted by Gasteiger charge is -2.22. The average molecular weight is 585 g/mol. The largest absolute Gasteiger partial charge is 0.478 e. The van der Waals surface area contributed by atoms with Crippen LogP contribution in [0.5, 0.6) is 0 Å². The van der Waals surface area contributed by atoms with Crippen LogP contribution in [0.4, 0.5) is 0 Å². The van der Waals surface area contributed by atoms with E-state index in [2.05, 4.69) is 5.32 Å². The lowest BCUT2D eigenvalue weighted by Crippen LogP contribution is -2.27. The maximum Gasteiger partial charge on any atom is 0.336 e. The molecule has 0 unspecified atom stereocenters. The van der Waals surface area contributed by atoms with Gasteiger partial charge in [0, 0.05) is 10.0 Å². The van der Waals surface area contributed by atoms with Gasteiger partial charge in [-0.25, -0.2) is 9.59 Å². The van der Waals surface area contributed by atoms with Crippen molar-refractivity contribution < 1.29 is 29.4 Å². The van der Waals surface area contributed by atoms with Gasteiger partial charge in [-0.15, -0.1) is 0 Å². The van der Waals surface area contributed by atoms with Crippen LogP contribution in [-0.4, -0.2) is 38.9 Å². The smallest absolute Gasteiger partial charge is 0.336 e. The summed E-state index contributed by atoms with van der Waals surface area (Å²) >= 11 is 12.2. The van der Waals surface area contributed by atoms with Gasteiger partial charge >= 0.3 is 11.9 Å². The van der Waals surface area contributed by atoms with Crippen LogP contribution >= 0.6 is 23.2 Å². The summed E-state index contributed by atoms with van der Waals surface area (Å²) in [4.78, 5) is 52.3. The number of fused-ring (bicyclic) bond motifs is 2. The zero-order valence-corrected chi connectivity index (χ0v) is 22.5. The second kappa shape index (κ2) is 9.92. The van der Waals surface area contributed by atoms with E-state index >= 15 is 0 Å². The normalized spacial score (nSPS) is 14.6. The molecule has 2 aliphatic heterocycles. The van der Waals surface area contributed by atoms with Crippen molar-refractivity contribution in [3.8, 4) is 0 Å². The molecule has 0 saturated carbocycles. The minimum absolute atomic E-state index is 0.0145. The number of halogens is 2. The van der Waals surface area contributed by atoms with E-state index in [9.17, 15) is 29.4 Å². The second-order valence-electron chi connectivity index (χ2n) is 9.52. The molecule has 4 aromatic rings. The van der Waals surface area contributed by atoms with Crippen molar-refractivity contribution in [1.82, 2.24) is 10.2 Å². The molecule has 0 aromatic heterocycles. The van der Waals surface area contributed by atoms with Crippen molar-refractivity contribution in [2.75, 3.05) is 0 Å². The fraction of sp³-hybridized carbons (Fsp3) is 0.0323. The molecule has 2 amide bonds. The number of carboxylic acid groups (broad SMARTS) is 2. The molecule has 6 rings (SSSR count). The van der Waals surface area contributed by atoms with Crippen LogP contribution in [0.1, 0.15) is 37.4 Å².